The predicted octanol–water partition coefficient (Wildman–Crippen LogP) is 2.21. The predicted molar refractivity (Wildman–Crippen MR) is 74.0 cm³/mol. The highest BCUT2D eigenvalue weighted by atomic mass is 35.5. The van der Waals surface area contributed by atoms with Crippen molar-refractivity contribution in [2.45, 2.75) is 26.4 Å². The second-order valence-electron chi connectivity index (χ2n) is 5.47. The Bertz CT molecular complexity index is 604. The van der Waals surface area contributed by atoms with Crippen molar-refractivity contribution in [2.24, 2.45) is 0 Å². The van der Waals surface area contributed by atoms with E-state index in [1.807, 2.05) is 0 Å². The maximum absolute atomic E-state index is 11.9. The molecule has 1 aromatic carbocycles. The van der Waals surface area contributed by atoms with Gasteiger partial charge in [0, 0.05) is 5.02 Å². The van der Waals surface area contributed by atoms with E-state index in [1.54, 1.807) is 32.9 Å². The number of halogens is 1. The van der Waals surface area contributed by atoms with Crippen LogP contribution in [0.4, 0.5) is 5.69 Å². The van der Waals surface area contributed by atoms with Gasteiger partial charge in [-0.3, -0.25) is 19.3 Å². The number of nitrogens with zero attached hydrogens (tertiary/aromatic N) is 1. The highest BCUT2D eigenvalue weighted by Crippen LogP contribution is 2.31. The monoisotopic (exact) mass is 295 g/mol. The molecular formula is C14H14ClNO4. The van der Waals surface area contributed by atoms with E-state index in [-0.39, 0.29) is 12.1 Å². The Balaban J connectivity index is 2.24. The van der Waals surface area contributed by atoms with Gasteiger partial charge in [0.1, 0.15) is 12.1 Å². The van der Waals surface area contributed by atoms with E-state index in [2.05, 4.69) is 0 Å². The van der Waals surface area contributed by atoms with Crippen LogP contribution in [0.3, 0.4) is 0 Å². The molecule has 1 amide bonds. The van der Waals surface area contributed by atoms with E-state index in [0.29, 0.717) is 10.7 Å². The van der Waals surface area contributed by atoms with Crippen LogP contribution < -0.4 is 4.90 Å². The van der Waals surface area contributed by atoms with Crippen molar-refractivity contribution in [3.63, 3.8) is 0 Å². The molecule has 2 rings (SSSR count). The fourth-order valence-corrected chi connectivity index (χ4v) is 2.10. The van der Waals surface area contributed by atoms with Crippen LogP contribution in [0.5, 0.6) is 0 Å². The fourth-order valence-electron chi connectivity index (χ4n) is 1.93. The third-order valence-corrected chi connectivity index (χ3v) is 2.88. The first-order chi connectivity index (χ1) is 9.19. The molecule has 0 bridgehead atoms. The van der Waals surface area contributed by atoms with Crippen LogP contribution in [-0.4, -0.2) is 29.8 Å². The number of esters is 1. The van der Waals surface area contributed by atoms with E-state index in [0.717, 1.165) is 4.90 Å². The van der Waals surface area contributed by atoms with Gasteiger partial charge < -0.3 is 4.74 Å². The summed E-state index contributed by atoms with van der Waals surface area (Å²) in [5, 5.41) is 0.365. The number of ether oxygens (including phenoxy) is 1. The zero-order chi connectivity index (χ0) is 15.1. The average molecular weight is 296 g/mol. The summed E-state index contributed by atoms with van der Waals surface area (Å²) in [6.07, 6.45) is 0. The highest BCUT2D eigenvalue weighted by molar-refractivity contribution is 6.53. The molecule has 0 spiro atoms. The van der Waals surface area contributed by atoms with Gasteiger partial charge in [0.15, 0.2) is 0 Å². The Morgan fingerprint density at radius 2 is 1.95 bits per heavy atom. The third kappa shape index (κ3) is 2.82. The molecule has 0 aliphatic carbocycles. The van der Waals surface area contributed by atoms with Crippen molar-refractivity contribution in [3.05, 3.63) is 28.8 Å². The molecule has 0 aromatic heterocycles. The Hall–Kier alpha value is -1.88. The third-order valence-electron chi connectivity index (χ3n) is 2.64. The van der Waals surface area contributed by atoms with E-state index < -0.39 is 23.3 Å². The van der Waals surface area contributed by atoms with Crippen LogP contribution in [0, 0.1) is 0 Å². The zero-order valence-electron chi connectivity index (χ0n) is 11.4. The van der Waals surface area contributed by atoms with Gasteiger partial charge in [-0.1, -0.05) is 11.6 Å². The van der Waals surface area contributed by atoms with Crippen molar-refractivity contribution in [3.8, 4) is 0 Å². The van der Waals surface area contributed by atoms with Gasteiger partial charge in [0.05, 0.1) is 11.3 Å². The highest BCUT2D eigenvalue weighted by Gasteiger charge is 2.37. The molecule has 0 saturated carbocycles. The minimum absolute atomic E-state index is 0.214. The Morgan fingerprint density at radius 3 is 2.55 bits per heavy atom. The van der Waals surface area contributed by atoms with E-state index >= 15 is 0 Å². The molecule has 0 saturated heterocycles. The molecular weight excluding hydrogens is 282 g/mol. The van der Waals surface area contributed by atoms with Crippen molar-refractivity contribution in [1.29, 1.82) is 0 Å². The van der Waals surface area contributed by atoms with Gasteiger partial charge in [0.25, 0.3) is 11.7 Å². The van der Waals surface area contributed by atoms with Crippen molar-refractivity contribution in [1.82, 2.24) is 0 Å². The quantitative estimate of drug-likeness (QED) is 0.620. The number of hydrogen-bond donors (Lipinski definition) is 0. The first-order valence-corrected chi connectivity index (χ1v) is 6.44. The summed E-state index contributed by atoms with van der Waals surface area (Å²) in [6.45, 7) is 4.90. The number of ketones is 1. The maximum Gasteiger partial charge on any atom is 0.326 e. The van der Waals surface area contributed by atoms with E-state index in [4.69, 9.17) is 16.3 Å². The number of hydrogen-bond acceptors (Lipinski definition) is 4. The molecule has 1 aliphatic rings. The van der Waals surface area contributed by atoms with Crippen LogP contribution in [0.2, 0.25) is 5.02 Å². The summed E-state index contributed by atoms with van der Waals surface area (Å²) in [5.41, 5.74) is -0.0477. The van der Waals surface area contributed by atoms with Crippen molar-refractivity contribution >= 4 is 34.9 Å². The molecule has 0 unspecified atom stereocenters. The molecule has 6 heteroatoms. The van der Waals surface area contributed by atoms with Gasteiger partial charge in [-0.25, -0.2) is 0 Å². The summed E-state index contributed by atoms with van der Waals surface area (Å²) in [4.78, 5) is 36.6. The van der Waals surface area contributed by atoms with Crippen LogP contribution in [0.15, 0.2) is 18.2 Å². The lowest BCUT2D eigenvalue weighted by Crippen LogP contribution is -2.38. The lowest BCUT2D eigenvalue weighted by molar-refractivity contribution is -0.153. The van der Waals surface area contributed by atoms with E-state index in [1.165, 1.54) is 6.07 Å². The molecule has 0 atom stereocenters. The zero-order valence-corrected chi connectivity index (χ0v) is 12.2. The summed E-state index contributed by atoms with van der Waals surface area (Å²) in [6, 6.07) is 4.53. The summed E-state index contributed by atoms with van der Waals surface area (Å²) >= 11 is 5.80. The van der Waals surface area contributed by atoms with E-state index in [9.17, 15) is 14.4 Å². The summed E-state index contributed by atoms with van der Waals surface area (Å²) in [5.74, 6) is -1.97. The first-order valence-electron chi connectivity index (χ1n) is 6.06. The Kier molecular flexibility index (Phi) is 3.56. The summed E-state index contributed by atoms with van der Waals surface area (Å²) in [7, 11) is 0. The number of amides is 1. The second kappa shape index (κ2) is 4.90. The van der Waals surface area contributed by atoms with Gasteiger partial charge in [0.2, 0.25) is 0 Å². The molecule has 1 aliphatic heterocycles. The summed E-state index contributed by atoms with van der Waals surface area (Å²) < 4.78 is 5.15. The number of fused-ring (bicyclic) bond motifs is 1. The molecule has 106 valence electrons. The van der Waals surface area contributed by atoms with Crippen molar-refractivity contribution in [2.75, 3.05) is 11.4 Å². The molecule has 20 heavy (non-hydrogen) atoms. The molecule has 1 heterocycles. The lowest BCUT2D eigenvalue weighted by Gasteiger charge is -2.22. The standard InChI is InChI=1S/C14H14ClNO4/c1-14(2,3)20-11(17)7-16-10-5-4-8(15)6-9(10)12(18)13(16)19/h4-6H,7H2,1-3H3. The molecule has 1 aromatic rings. The molecule has 0 fully saturated rings. The second-order valence-corrected chi connectivity index (χ2v) is 5.90. The number of carbonyl (C=O) groups excluding carboxylic acids is 3. The normalized spacial score (nSPS) is 14.5. The van der Waals surface area contributed by atoms with Gasteiger partial charge in [-0.15, -0.1) is 0 Å². The van der Waals surface area contributed by atoms with Crippen LogP contribution in [0.1, 0.15) is 31.1 Å². The first kappa shape index (κ1) is 14.5. The Morgan fingerprint density at radius 1 is 1.30 bits per heavy atom. The van der Waals surface area contributed by atoms with Gasteiger partial charge >= 0.3 is 5.97 Å². The van der Waals surface area contributed by atoms with Gasteiger partial charge in [-0.2, -0.15) is 0 Å². The fraction of sp³-hybridized carbons (Fsp3) is 0.357. The maximum atomic E-state index is 11.9. The minimum atomic E-state index is -0.742. The molecule has 5 nitrogen and oxygen atoms in total. The lowest BCUT2D eigenvalue weighted by atomic mass is 10.1. The Labute approximate surface area is 121 Å². The smallest absolute Gasteiger partial charge is 0.326 e. The SMILES string of the molecule is CC(C)(C)OC(=O)CN1C(=O)C(=O)c2cc(Cl)ccc21. The topological polar surface area (TPSA) is 63.7 Å². The van der Waals surface area contributed by atoms with Crippen LogP contribution in [0.25, 0.3) is 0 Å². The minimum Gasteiger partial charge on any atom is -0.459 e. The average Bonchev–Trinajstić information content (AvgIpc) is 2.52. The van der Waals surface area contributed by atoms with Crippen LogP contribution >= 0.6 is 11.6 Å². The largest absolute Gasteiger partial charge is 0.459 e. The number of benzene rings is 1. The van der Waals surface area contributed by atoms with Crippen molar-refractivity contribution < 1.29 is 19.1 Å². The number of carbonyl (C=O) groups is 3. The van der Waals surface area contributed by atoms with Crippen LogP contribution in [-0.2, 0) is 14.3 Å². The molecule has 0 N–H and O–H groups in total. The number of anilines is 1. The number of Topliss-reactive ketones (excluding diaryl/α,β-unsaturated/α-hetero) is 1. The number of rotatable bonds is 2. The van der Waals surface area contributed by atoms with Gasteiger partial charge in [-0.05, 0) is 39.0 Å². The molecule has 0 radical (unpaired) electrons.